The van der Waals surface area contributed by atoms with Gasteiger partial charge in [-0.3, -0.25) is 9.59 Å². The number of methoxy groups -OCH3 is 1. The number of nitrogens with zero attached hydrogens (tertiary/aromatic N) is 3. The molecule has 24 heavy (non-hydrogen) atoms. The highest BCUT2D eigenvalue weighted by Gasteiger charge is 2.44. The first-order valence-corrected chi connectivity index (χ1v) is 8.22. The standard InChI is InChI=1S/C16H22ClN3O4/c1-10(2)13-18-7-11(17)12(19-13)14(21)20-6-4-5-16(8-20,9-24-3)15(22)23/h7,10H,4-6,8-9H2,1-3H3,(H,22,23). The van der Waals surface area contributed by atoms with Gasteiger partial charge in [-0.2, -0.15) is 0 Å². The minimum absolute atomic E-state index is 0.0564. The quantitative estimate of drug-likeness (QED) is 0.870. The van der Waals surface area contributed by atoms with Gasteiger partial charge in [0.15, 0.2) is 5.69 Å². The van der Waals surface area contributed by atoms with Crippen LogP contribution in [0.3, 0.4) is 0 Å². The van der Waals surface area contributed by atoms with Crippen LogP contribution in [0.15, 0.2) is 6.20 Å². The summed E-state index contributed by atoms with van der Waals surface area (Å²) in [6.07, 6.45) is 2.47. The number of aromatic nitrogens is 2. The monoisotopic (exact) mass is 355 g/mol. The molecule has 1 saturated heterocycles. The van der Waals surface area contributed by atoms with Gasteiger partial charge < -0.3 is 14.7 Å². The summed E-state index contributed by atoms with van der Waals surface area (Å²) in [4.78, 5) is 34.4. The third-order valence-corrected chi connectivity index (χ3v) is 4.50. The lowest BCUT2D eigenvalue weighted by atomic mass is 9.80. The highest BCUT2D eigenvalue weighted by molar-refractivity contribution is 6.33. The van der Waals surface area contributed by atoms with Crippen molar-refractivity contribution < 1.29 is 19.4 Å². The predicted octanol–water partition coefficient (Wildman–Crippen LogP) is 2.21. The van der Waals surface area contributed by atoms with E-state index in [1.165, 1.54) is 18.2 Å². The van der Waals surface area contributed by atoms with Crippen molar-refractivity contribution in [3.63, 3.8) is 0 Å². The molecule has 132 valence electrons. The van der Waals surface area contributed by atoms with E-state index in [1.54, 1.807) is 0 Å². The van der Waals surface area contributed by atoms with E-state index in [0.717, 1.165) is 0 Å². The topological polar surface area (TPSA) is 92.6 Å². The van der Waals surface area contributed by atoms with E-state index in [9.17, 15) is 14.7 Å². The van der Waals surface area contributed by atoms with Crippen LogP contribution in [0.2, 0.25) is 5.02 Å². The maximum absolute atomic E-state index is 12.8. The molecule has 0 spiro atoms. The molecule has 1 atom stereocenters. The third kappa shape index (κ3) is 3.67. The van der Waals surface area contributed by atoms with Crippen molar-refractivity contribution in [3.05, 3.63) is 22.7 Å². The molecule has 0 saturated carbocycles. The van der Waals surface area contributed by atoms with Crippen LogP contribution in [0.25, 0.3) is 0 Å². The molecule has 0 aromatic carbocycles. The van der Waals surface area contributed by atoms with E-state index in [2.05, 4.69) is 9.97 Å². The average molecular weight is 356 g/mol. The number of carbonyl (C=O) groups excluding carboxylic acids is 1. The van der Waals surface area contributed by atoms with Gasteiger partial charge in [0.05, 0.1) is 17.8 Å². The van der Waals surface area contributed by atoms with Crippen molar-refractivity contribution in [3.8, 4) is 0 Å². The molecule has 1 aliphatic rings. The largest absolute Gasteiger partial charge is 0.481 e. The zero-order chi connectivity index (χ0) is 17.9. The lowest BCUT2D eigenvalue weighted by Crippen LogP contribution is -2.52. The van der Waals surface area contributed by atoms with Gasteiger partial charge in [0.1, 0.15) is 11.2 Å². The fourth-order valence-electron chi connectivity index (χ4n) is 2.89. The van der Waals surface area contributed by atoms with E-state index in [0.29, 0.717) is 25.2 Å². The van der Waals surface area contributed by atoms with E-state index < -0.39 is 11.4 Å². The number of carboxylic acids is 1. The number of halogens is 1. The number of aliphatic carboxylic acids is 1. The first-order valence-electron chi connectivity index (χ1n) is 7.85. The molecular formula is C16H22ClN3O4. The smallest absolute Gasteiger partial charge is 0.313 e. The van der Waals surface area contributed by atoms with E-state index in [-0.39, 0.29) is 35.7 Å². The van der Waals surface area contributed by atoms with Crippen molar-refractivity contribution in [1.82, 2.24) is 14.9 Å². The Balaban J connectivity index is 2.29. The fourth-order valence-corrected chi connectivity index (χ4v) is 3.07. The number of ether oxygens (including phenoxy) is 1. The van der Waals surface area contributed by atoms with E-state index in [4.69, 9.17) is 16.3 Å². The third-order valence-electron chi connectivity index (χ3n) is 4.22. The molecule has 1 amide bonds. The van der Waals surface area contributed by atoms with Crippen molar-refractivity contribution in [2.24, 2.45) is 5.41 Å². The summed E-state index contributed by atoms with van der Waals surface area (Å²) in [5.41, 5.74) is -0.975. The number of carboxylic acid groups (broad SMARTS) is 1. The van der Waals surface area contributed by atoms with Gasteiger partial charge in [0, 0.05) is 26.1 Å². The van der Waals surface area contributed by atoms with Crippen LogP contribution in [0.1, 0.15) is 48.9 Å². The van der Waals surface area contributed by atoms with Gasteiger partial charge >= 0.3 is 5.97 Å². The summed E-state index contributed by atoms with van der Waals surface area (Å²) >= 11 is 6.10. The Kier molecular flexibility index (Phi) is 5.77. The van der Waals surface area contributed by atoms with Crippen molar-refractivity contribution in [2.45, 2.75) is 32.6 Å². The lowest BCUT2D eigenvalue weighted by molar-refractivity contribution is -0.155. The summed E-state index contributed by atoms with van der Waals surface area (Å²) in [5, 5.41) is 9.76. The second kappa shape index (κ2) is 7.44. The van der Waals surface area contributed by atoms with Crippen LogP contribution >= 0.6 is 11.6 Å². The molecule has 1 fully saturated rings. The molecular weight excluding hydrogens is 334 g/mol. The number of piperidine rings is 1. The number of hydrogen-bond donors (Lipinski definition) is 1. The summed E-state index contributed by atoms with van der Waals surface area (Å²) in [7, 11) is 1.46. The average Bonchev–Trinajstić information content (AvgIpc) is 2.54. The van der Waals surface area contributed by atoms with Gasteiger partial charge in [-0.25, -0.2) is 9.97 Å². The Morgan fingerprint density at radius 1 is 1.50 bits per heavy atom. The Morgan fingerprint density at radius 2 is 2.21 bits per heavy atom. The maximum Gasteiger partial charge on any atom is 0.313 e. The highest BCUT2D eigenvalue weighted by Crippen LogP contribution is 2.32. The highest BCUT2D eigenvalue weighted by atomic mass is 35.5. The molecule has 0 radical (unpaired) electrons. The number of carbonyl (C=O) groups is 2. The molecule has 1 aromatic heterocycles. The fraction of sp³-hybridized carbons (Fsp3) is 0.625. The Hall–Kier alpha value is -1.73. The predicted molar refractivity (Wildman–Crippen MR) is 88.2 cm³/mol. The Morgan fingerprint density at radius 3 is 2.79 bits per heavy atom. The molecule has 1 aliphatic heterocycles. The lowest BCUT2D eigenvalue weighted by Gasteiger charge is -2.39. The second-order valence-electron chi connectivity index (χ2n) is 6.43. The van der Waals surface area contributed by atoms with Gasteiger partial charge in [0.25, 0.3) is 5.91 Å². The van der Waals surface area contributed by atoms with Gasteiger partial charge in [-0.05, 0) is 12.8 Å². The minimum Gasteiger partial charge on any atom is -0.481 e. The molecule has 1 aromatic rings. The van der Waals surface area contributed by atoms with Gasteiger partial charge in [-0.1, -0.05) is 25.4 Å². The van der Waals surface area contributed by atoms with Crippen LogP contribution < -0.4 is 0 Å². The summed E-state index contributed by atoms with van der Waals surface area (Å²) in [5.74, 6) is -0.743. The number of amides is 1. The molecule has 2 heterocycles. The van der Waals surface area contributed by atoms with Crippen LogP contribution in [-0.4, -0.2) is 58.7 Å². The molecule has 1 unspecified atom stereocenters. The van der Waals surface area contributed by atoms with Crippen LogP contribution in [0.4, 0.5) is 0 Å². The van der Waals surface area contributed by atoms with Crippen LogP contribution in [-0.2, 0) is 9.53 Å². The zero-order valence-corrected chi connectivity index (χ0v) is 14.8. The number of rotatable bonds is 5. The molecule has 8 heteroatoms. The second-order valence-corrected chi connectivity index (χ2v) is 6.84. The normalized spacial score (nSPS) is 21.1. The maximum atomic E-state index is 12.8. The Bertz CT molecular complexity index is 634. The zero-order valence-electron chi connectivity index (χ0n) is 14.1. The molecule has 1 N–H and O–H groups in total. The van der Waals surface area contributed by atoms with Crippen molar-refractivity contribution in [2.75, 3.05) is 26.8 Å². The minimum atomic E-state index is -1.09. The molecule has 0 bridgehead atoms. The molecule has 2 rings (SSSR count). The van der Waals surface area contributed by atoms with Crippen molar-refractivity contribution in [1.29, 1.82) is 0 Å². The molecule has 0 aliphatic carbocycles. The van der Waals surface area contributed by atoms with Crippen molar-refractivity contribution >= 4 is 23.5 Å². The summed E-state index contributed by atoms with van der Waals surface area (Å²) in [6, 6.07) is 0. The summed E-state index contributed by atoms with van der Waals surface area (Å²) < 4.78 is 5.08. The van der Waals surface area contributed by atoms with Gasteiger partial charge in [0.2, 0.25) is 0 Å². The van der Waals surface area contributed by atoms with Gasteiger partial charge in [-0.15, -0.1) is 0 Å². The van der Waals surface area contributed by atoms with E-state index >= 15 is 0 Å². The van der Waals surface area contributed by atoms with Crippen LogP contribution in [0.5, 0.6) is 0 Å². The Labute approximate surface area is 146 Å². The number of hydrogen-bond acceptors (Lipinski definition) is 5. The summed E-state index contributed by atoms with van der Waals surface area (Å²) in [6.45, 7) is 4.45. The molecule has 7 nitrogen and oxygen atoms in total. The first-order chi connectivity index (χ1) is 11.3. The van der Waals surface area contributed by atoms with E-state index in [1.807, 2.05) is 13.8 Å². The number of likely N-dealkylation sites (tertiary alicyclic amines) is 1. The first kappa shape index (κ1) is 18.6. The van der Waals surface area contributed by atoms with Crippen LogP contribution in [0, 0.1) is 5.41 Å². The SMILES string of the molecule is COCC1(C(=O)O)CCCN(C(=O)c2nc(C(C)C)ncc2Cl)C1.